The van der Waals surface area contributed by atoms with E-state index in [0.717, 1.165) is 10.1 Å². The lowest BCUT2D eigenvalue weighted by Gasteiger charge is -2.16. The SMILES string of the molecule is CC[C@H](C(=O)Nc1cccc(OCc2cc(=O)n3oc(C)cc3n2)c1)c1ccccc1. The molecule has 0 fully saturated rings. The summed E-state index contributed by atoms with van der Waals surface area (Å²) in [5.74, 6) is 0.873. The summed E-state index contributed by atoms with van der Waals surface area (Å²) in [7, 11) is 0. The summed E-state index contributed by atoms with van der Waals surface area (Å²) in [6.45, 7) is 3.87. The second kappa shape index (κ2) is 8.87. The number of ether oxygens (including phenoxy) is 1. The van der Waals surface area contributed by atoms with E-state index in [1.807, 2.05) is 43.3 Å². The van der Waals surface area contributed by atoms with Crippen LogP contribution in [-0.2, 0) is 11.4 Å². The molecule has 1 amide bonds. The number of hydrogen-bond acceptors (Lipinski definition) is 5. The van der Waals surface area contributed by atoms with Gasteiger partial charge in [-0.3, -0.25) is 9.59 Å². The molecule has 7 heteroatoms. The number of nitrogens with zero attached hydrogens (tertiary/aromatic N) is 2. The van der Waals surface area contributed by atoms with Gasteiger partial charge >= 0.3 is 0 Å². The van der Waals surface area contributed by atoms with E-state index < -0.39 is 0 Å². The average molecular weight is 417 g/mol. The predicted molar refractivity (Wildman–Crippen MR) is 117 cm³/mol. The van der Waals surface area contributed by atoms with Crippen LogP contribution in [0.1, 0.15) is 36.3 Å². The van der Waals surface area contributed by atoms with Gasteiger partial charge in [0.1, 0.15) is 18.1 Å². The van der Waals surface area contributed by atoms with Crippen molar-refractivity contribution in [2.75, 3.05) is 5.32 Å². The highest BCUT2D eigenvalue weighted by atomic mass is 16.5. The number of carbonyl (C=O) groups excluding carboxylic acids is 1. The highest BCUT2D eigenvalue weighted by Crippen LogP contribution is 2.23. The molecule has 0 unspecified atom stereocenters. The summed E-state index contributed by atoms with van der Waals surface area (Å²) in [6, 6.07) is 20.0. The van der Waals surface area contributed by atoms with Gasteiger partial charge < -0.3 is 14.6 Å². The van der Waals surface area contributed by atoms with Crippen molar-refractivity contribution in [3.8, 4) is 5.75 Å². The molecule has 0 saturated carbocycles. The number of aryl methyl sites for hydroxylation is 1. The minimum atomic E-state index is -0.302. The van der Waals surface area contributed by atoms with Gasteiger partial charge in [-0.25, -0.2) is 4.98 Å². The standard InChI is InChI=1S/C24H23N3O4/c1-3-21(17-8-5-4-6-9-17)24(29)26-18-10-7-11-20(13-18)30-15-19-14-23(28)27-22(25-19)12-16(2)31-27/h4-14,21H,3,15H2,1-2H3,(H,26,29)/t21-/m0/s1. The summed E-state index contributed by atoms with van der Waals surface area (Å²) in [5, 5.41) is 2.97. The van der Waals surface area contributed by atoms with Crippen LogP contribution in [0.25, 0.3) is 5.65 Å². The Balaban J connectivity index is 1.45. The molecule has 0 saturated heterocycles. The van der Waals surface area contributed by atoms with E-state index in [1.54, 1.807) is 31.2 Å². The molecule has 2 aromatic carbocycles. The van der Waals surface area contributed by atoms with Crippen molar-refractivity contribution in [2.45, 2.75) is 32.8 Å². The molecule has 0 radical (unpaired) electrons. The summed E-state index contributed by atoms with van der Waals surface area (Å²) < 4.78 is 12.2. The van der Waals surface area contributed by atoms with Gasteiger partial charge in [-0.1, -0.05) is 43.3 Å². The molecule has 4 rings (SSSR count). The maximum absolute atomic E-state index is 12.8. The summed E-state index contributed by atoms with van der Waals surface area (Å²) in [5.41, 5.74) is 2.26. The van der Waals surface area contributed by atoms with Crippen molar-refractivity contribution in [3.63, 3.8) is 0 Å². The molecular weight excluding hydrogens is 394 g/mol. The van der Waals surface area contributed by atoms with Crippen molar-refractivity contribution in [2.24, 2.45) is 0 Å². The Labute approximate surface area is 179 Å². The number of carbonyl (C=O) groups is 1. The van der Waals surface area contributed by atoms with Gasteiger partial charge in [0.15, 0.2) is 5.65 Å². The average Bonchev–Trinajstić information content (AvgIpc) is 3.15. The summed E-state index contributed by atoms with van der Waals surface area (Å²) >= 11 is 0. The van der Waals surface area contributed by atoms with Crippen LogP contribution in [-0.4, -0.2) is 15.5 Å². The van der Waals surface area contributed by atoms with Crippen molar-refractivity contribution in [1.82, 2.24) is 9.56 Å². The van der Waals surface area contributed by atoms with E-state index in [9.17, 15) is 9.59 Å². The molecule has 158 valence electrons. The zero-order valence-corrected chi connectivity index (χ0v) is 17.4. The Bertz CT molecular complexity index is 1260. The maximum atomic E-state index is 12.8. The van der Waals surface area contributed by atoms with E-state index >= 15 is 0 Å². The van der Waals surface area contributed by atoms with Crippen LogP contribution in [0.2, 0.25) is 0 Å². The molecular formula is C24H23N3O4. The molecule has 7 nitrogen and oxygen atoms in total. The third-order valence-electron chi connectivity index (χ3n) is 4.94. The lowest BCUT2D eigenvalue weighted by Crippen LogP contribution is -2.20. The third kappa shape index (κ3) is 4.66. The number of fused-ring (bicyclic) bond motifs is 1. The smallest absolute Gasteiger partial charge is 0.287 e. The normalized spacial score (nSPS) is 11.9. The number of hydrogen-bond donors (Lipinski definition) is 1. The van der Waals surface area contributed by atoms with Gasteiger partial charge in [-0.05, 0) is 31.0 Å². The molecule has 0 aliphatic rings. The lowest BCUT2D eigenvalue weighted by atomic mass is 9.95. The van der Waals surface area contributed by atoms with Gasteiger partial charge in [0.05, 0.1) is 11.6 Å². The topological polar surface area (TPSA) is 85.8 Å². The summed E-state index contributed by atoms with van der Waals surface area (Å²) in [4.78, 5) is 29.3. The van der Waals surface area contributed by atoms with Gasteiger partial charge in [0.25, 0.3) is 5.56 Å². The Morgan fingerprint density at radius 1 is 1.13 bits per heavy atom. The van der Waals surface area contributed by atoms with E-state index in [1.165, 1.54) is 6.07 Å². The Morgan fingerprint density at radius 3 is 2.71 bits per heavy atom. The number of anilines is 1. The van der Waals surface area contributed by atoms with Crippen LogP contribution in [0.3, 0.4) is 0 Å². The highest BCUT2D eigenvalue weighted by Gasteiger charge is 2.18. The van der Waals surface area contributed by atoms with Crippen LogP contribution in [0.15, 0.2) is 76.0 Å². The van der Waals surface area contributed by atoms with Gasteiger partial charge in [-0.15, -0.1) is 4.57 Å². The van der Waals surface area contributed by atoms with Gasteiger partial charge in [-0.2, -0.15) is 0 Å². The molecule has 1 atom stereocenters. The fourth-order valence-electron chi connectivity index (χ4n) is 3.46. The quantitative estimate of drug-likeness (QED) is 0.484. The molecule has 2 aromatic heterocycles. The van der Waals surface area contributed by atoms with Crippen molar-refractivity contribution in [1.29, 1.82) is 0 Å². The van der Waals surface area contributed by atoms with E-state index in [-0.39, 0.29) is 24.0 Å². The second-order valence-electron chi connectivity index (χ2n) is 7.26. The lowest BCUT2D eigenvalue weighted by molar-refractivity contribution is -0.117. The Morgan fingerprint density at radius 2 is 1.94 bits per heavy atom. The Hall–Kier alpha value is -3.87. The van der Waals surface area contributed by atoms with Crippen LogP contribution < -0.4 is 15.6 Å². The van der Waals surface area contributed by atoms with Crippen LogP contribution in [0.5, 0.6) is 5.75 Å². The number of benzene rings is 2. The maximum Gasteiger partial charge on any atom is 0.287 e. The van der Waals surface area contributed by atoms with Gasteiger partial charge in [0, 0.05) is 23.9 Å². The predicted octanol–water partition coefficient (Wildman–Crippen LogP) is 4.31. The van der Waals surface area contributed by atoms with Crippen molar-refractivity contribution < 1.29 is 14.1 Å². The molecule has 0 bridgehead atoms. The first kappa shape index (κ1) is 20.4. The molecule has 0 spiro atoms. The number of amides is 1. The monoisotopic (exact) mass is 417 g/mol. The molecule has 0 aliphatic heterocycles. The van der Waals surface area contributed by atoms with Crippen molar-refractivity contribution in [3.05, 3.63) is 94.1 Å². The van der Waals surface area contributed by atoms with E-state index in [2.05, 4.69) is 10.3 Å². The third-order valence-corrected chi connectivity index (χ3v) is 4.94. The first-order chi connectivity index (χ1) is 15.0. The van der Waals surface area contributed by atoms with Crippen molar-refractivity contribution >= 4 is 17.2 Å². The molecule has 1 N–H and O–H groups in total. The Kier molecular flexibility index (Phi) is 5.84. The zero-order valence-electron chi connectivity index (χ0n) is 17.4. The van der Waals surface area contributed by atoms with Crippen LogP contribution in [0, 0.1) is 6.92 Å². The minimum Gasteiger partial charge on any atom is -0.487 e. The first-order valence-electron chi connectivity index (χ1n) is 10.1. The number of nitrogens with one attached hydrogen (secondary N) is 1. The summed E-state index contributed by atoms with van der Waals surface area (Å²) in [6.07, 6.45) is 0.698. The number of aromatic nitrogens is 2. The zero-order chi connectivity index (χ0) is 21.8. The molecule has 31 heavy (non-hydrogen) atoms. The minimum absolute atomic E-state index is 0.0682. The fraction of sp³-hybridized carbons (Fsp3) is 0.208. The fourth-order valence-corrected chi connectivity index (χ4v) is 3.46. The second-order valence-corrected chi connectivity index (χ2v) is 7.26. The van der Waals surface area contributed by atoms with Crippen LogP contribution in [0.4, 0.5) is 5.69 Å². The first-order valence-corrected chi connectivity index (χ1v) is 10.1. The van der Waals surface area contributed by atoms with Gasteiger partial charge in [0.2, 0.25) is 5.91 Å². The van der Waals surface area contributed by atoms with E-state index in [4.69, 9.17) is 9.26 Å². The highest BCUT2D eigenvalue weighted by molar-refractivity contribution is 5.95. The van der Waals surface area contributed by atoms with E-state index in [0.29, 0.717) is 35.0 Å². The number of rotatable bonds is 7. The van der Waals surface area contributed by atoms with Crippen LogP contribution >= 0.6 is 0 Å². The largest absolute Gasteiger partial charge is 0.487 e. The molecule has 2 heterocycles. The molecule has 0 aliphatic carbocycles. The molecule has 4 aromatic rings.